The van der Waals surface area contributed by atoms with Crippen LogP contribution in [0.15, 0.2) is 60.2 Å². The lowest BCUT2D eigenvalue weighted by molar-refractivity contribution is 0.869. The molecule has 0 saturated carbocycles. The van der Waals surface area contributed by atoms with Gasteiger partial charge in [-0.3, -0.25) is 9.97 Å². The van der Waals surface area contributed by atoms with Crippen molar-refractivity contribution in [3.05, 3.63) is 71.4 Å². The maximum atomic E-state index is 6.40. The van der Waals surface area contributed by atoms with Crippen LogP contribution in [0.1, 0.15) is 17.2 Å². The van der Waals surface area contributed by atoms with E-state index >= 15 is 0 Å². The highest BCUT2D eigenvalue weighted by Crippen LogP contribution is 2.26. The van der Waals surface area contributed by atoms with Gasteiger partial charge in [0.2, 0.25) is 0 Å². The molecule has 4 rings (SSSR count). The molecule has 0 amide bonds. The van der Waals surface area contributed by atoms with Crippen LogP contribution in [-0.4, -0.2) is 9.97 Å². The molecule has 4 heteroatoms. The molecule has 0 radical (unpaired) electrons. The van der Waals surface area contributed by atoms with Gasteiger partial charge in [-0.05, 0) is 40.8 Å². The van der Waals surface area contributed by atoms with Gasteiger partial charge in [0.15, 0.2) is 0 Å². The van der Waals surface area contributed by atoms with Gasteiger partial charge in [-0.25, -0.2) is 0 Å². The third kappa shape index (κ3) is 2.18. The second-order valence-corrected chi connectivity index (χ2v) is 5.95. The van der Waals surface area contributed by atoms with E-state index in [0.29, 0.717) is 0 Å². The van der Waals surface area contributed by atoms with Crippen LogP contribution in [-0.2, 0) is 0 Å². The van der Waals surface area contributed by atoms with E-state index < -0.39 is 0 Å². The van der Waals surface area contributed by atoms with Crippen molar-refractivity contribution < 1.29 is 0 Å². The Morgan fingerprint density at radius 3 is 2.86 bits per heavy atom. The standard InChI is InChI=1S/C17H13N3S/c18-17(13-9-16-14(20-10-13)5-7-21-16)12-4-3-11-2-1-6-19-15(11)8-12/h1-10,17H,18H2. The van der Waals surface area contributed by atoms with Gasteiger partial charge in [-0.1, -0.05) is 18.2 Å². The Labute approximate surface area is 126 Å². The maximum absolute atomic E-state index is 6.40. The lowest BCUT2D eigenvalue weighted by Gasteiger charge is -2.13. The summed E-state index contributed by atoms with van der Waals surface area (Å²) in [6.07, 6.45) is 3.67. The van der Waals surface area contributed by atoms with Crippen molar-refractivity contribution >= 4 is 32.5 Å². The van der Waals surface area contributed by atoms with Crippen LogP contribution in [0.25, 0.3) is 21.1 Å². The van der Waals surface area contributed by atoms with Crippen LogP contribution in [0.4, 0.5) is 0 Å². The monoisotopic (exact) mass is 291 g/mol. The second kappa shape index (κ2) is 4.91. The van der Waals surface area contributed by atoms with E-state index in [1.807, 2.05) is 23.7 Å². The third-order valence-electron chi connectivity index (χ3n) is 3.67. The van der Waals surface area contributed by atoms with Crippen LogP contribution in [0, 0.1) is 0 Å². The third-order valence-corrected chi connectivity index (χ3v) is 4.53. The molecule has 0 saturated heterocycles. The molecule has 1 atom stereocenters. The summed E-state index contributed by atoms with van der Waals surface area (Å²) in [5, 5.41) is 3.17. The van der Waals surface area contributed by atoms with E-state index in [1.54, 1.807) is 17.5 Å². The Morgan fingerprint density at radius 2 is 1.90 bits per heavy atom. The fourth-order valence-corrected chi connectivity index (χ4v) is 3.29. The first-order chi connectivity index (χ1) is 10.3. The molecule has 0 aliphatic heterocycles. The Morgan fingerprint density at radius 1 is 0.952 bits per heavy atom. The van der Waals surface area contributed by atoms with Crippen molar-refractivity contribution in [3.63, 3.8) is 0 Å². The molecule has 0 bridgehead atoms. The van der Waals surface area contributed by atoms with E-state index in [0.717, 1.165) is 27.5 Å². The Kier molecular flexibility index (Phi) is 2.91. The zero-order chi connectivity index (χ0) is 14.2. The molecule has 0 aliphatic carbocycles. The second-order valence-electron chi connectivity index (χ2n) is 5.01. The lowest BCUT2D eigenvalue weighted by atomic mass is 9.99. The van der Waals surface area contributed by atoms with Gasteiger partial charge in [0, 0.05) is 17.8 Å². The number of aromatic nitrogens is 2. The van der Waals surface area contributed by atoms with Crippen molar-refractivity contribution in [1.29, 1.82) is 0 Å². The number of benzene rings is 1. The zero-order valence-electron chi connectivity index (χ0n) is 11.2. The highest BCUT2D eigenvalue weighted by atomic mass is 32.1. The number of rotatable bonds is 2. The molecule has 1 unspecified atom stereocenters. The van der Waals surface area contributed by atoms with Crippen molar-refractivity contribution in [2.24, 2.45) is 5.73 Å². The lowest BCUT2D eigenvalue weighted by Crippen LogP contribution is -2.12. The Hall–Kier alpha value is -2.30. The first-order valence-electron chi connectivity index (χ1n) is 6.75. The van der Waals surface area contributed by atoms with Gasteiger partial charge in [0.25, 0.3) is 0 Å². The van der Waals surface area contributed by atoms with E-state index in [-0.39, 0.29) is 6.04 Å². The highest BCUT2D eigenvalue weighted by molar-refractivity contribution is 7.17. The molecule has 0 aliphatic rings. The number of hydrogen-bond acceptors (Lipinski definition) is 4. The van der Waals surface area contributed by atoms with Gasteiger partial charge in [-0.15, -0.1) is 11.3 Å². The topological polar surface area (TPSA) is 51.8 Å². The highest BCUT2D eigenvalue weighted by Gasteiger charge is 2.11. The summed E-state index contributed by atoms with van der Waals surface area (Å²) in [5.74, 6) is 0. The summed E-state index contributed by atoms with van der Waals surface area (Å²) < 4.78 is 1.17. The molecule has 102 valence electrons. The number of nitrogens with zero attached hydrogens (tertiary/aromatic N) is 2. The van der Waals surface area contributed by atoms with E-state index in [2.05, 4.69) is 40.3 Å². The Balaban J connectivity index is 1.79. The molecular formula is C17H13N3S. The SMILES string of the molecule is NC(c1ccc2cccnc2c1)c1cnc2ccsc2c1. The first kappa shape index (κ1) is 12.4. The largest absolute Gasteiger partial charge is 0.320 e. The van der Waals surface area contributed by atoms with Crippen LogP contribution >= 0.6 is 11.3 Å². The van der Waals surface area contributed by atoms with Crippen LogP contribution in [0.5, 0.6) is 0 Å². The molecule has 4 aromatic rings. The van der Waals surface area contributed by atoms with Gasteiger partial charge in [0.05, 0.1) is 21.8 Å². The minimum absolute atomic E-state index is 0.185. The molecule has 0 fully saturated rings. The minimum Gasteiger partial charge on any atom is -0.320 e. The molecule has 2 N–H and O–H groups in total. The van der Waals surface area contributed by atoms with Crippen LogP contribution in [0.3, 0.4) is 0 Å². The number of pyridine rings is 2. The minimum atomic E-state index is -0.185. The predicted octanol–water partition coefficient (Wildman–Crippen LogP) is 3.89. The summed E-state index contributed by atoms with van der Waals surface area (Å²) >= 11 is 1.69. The van der Waals surface area contributed by atoms with Crippen molar-refractivity contribution in [3.8, 4) is 0 Å². The van der Waals surface area contributed by atoms with Gasteiger partial charge >= 0.3 is 0 Å². The van der Waals surface area contributed by atoms with Gasteiger partial charge in [-0.2, -0.15) is 0 Å². The molecule has 3 heterocycles. The van der Waals surface area contributed by atoms with Gasteiger partial charge < -0.3 is 5.73 Å². The fourth-order valence-electron chi connectivity index (χ4n) is 2.50. The number of hydrogen-bond donors (Lipinski definition) is 1. The summed E-state index contributed by atoms with van der Waals surface area (Å²) in [6.45, 7) is 0. The molecule has 0 spiro atoms. The number of fused-ring (bicyclic) bond motifs is 2. The van der Waals surface area contributed by atoms with Crippen LogP contribution in [0.2, 0.25) is 0 Å². The van der Waals surface area contributed by atoms with Crippen LogP contribution < -0.4 is 5.73 Å². The zero-order valence-corrected chi connectivity index (χ0v) is 12.0. The van der Waals surface area contributed by atoms with Gasteiger partial charge in [0.1, 0.15) is 0 Å². The summed E-state index contributed by atoms with van der Waals surface area (Å²) in [4.78, 5) is 8.86. The maximum Gasteiger partial charge on any atom is 0.0809 e. The Bertz CT molecular complexity index is 929. The van der Waals surface area contributed by atoms with Crippen molar-refractivity contribution in [2.45, 2.75) is 6.04 Å². The van der Waals surface area contributed by atoms with E-state index in [4.69, 9.17) is 5.73 Å². The average Bonchev–Trinajstić information content (AvgIpc) is 3.01. The smallest absolute Gasteiger partial charge is 0.0809 e. The number of thiophene rings is 1. The summed E-state index contributed by atoms with van der Waals surface area (Å²) in [7, 11) is 0. The molecule has 21 heavy (non-hydrogen) atoms. The van der Waals surface area contributed by atoms with Crippen molar-refractivity contribution in [1.82, 2.24) is 9.97 Å². The normalized spacial score (nSPS) is 12.8. The molecule has 1 aromatic carbocycles. The average molecular weight is 291 g/mol. The molecule has 3 nitrogen and oxygen atoms in total. The number of nitrogens with two attached hydrogens (primary N) is 1. The molecular weight excluding hydrogens is 278 g/mol. The predicted molar refractivity (Wildman–Crippen MR) is 87.4 cm³/mol. The quantitative estimate of drug-likeness (QED) is 0.609. The van der Waals surface area contributed by atoms with E-state index in [1.165, 1.54) is 4.70 Å². The summed E-state index contributed by atoms with van der Waals surface area (Å²) in [5.41, 5.74) is 10.5. The fraction of sp³-hybridized carbons (Fsp3) is 0.0588. The van der Waals surface area contributed by atoms with E-state index in [9.17, 15) is 0 Å². The first-order valence-corrected chi connectivity index (χ1v) is 7.63. The molecule has 3 aromatic heterocycles. The van der Waals surface area contributed by atoms with Crippen molar-refractivity contribution in [2.75, 3.05) is 0 Å². The summed E-state index contributed by atoms with van der Waals surface area (Å²) in [6, 6.07) is 14.1.